The average Bonchev–Trinajstić information content (AvgIpc) is 3.30. The lowest BCUT2D eigenvalue weighted by atomic mass is 10.1. The van der Waals surface area contributed by atoms with Gasteiger partial charge in [0.05, 0.1) is 18.2 Å². The number of aliphatic hydroxyl groups is 2. The molecule has 0 amide bonds. The first-order valence-electron chi connectivity index (χ1n) is 12.1. The number of benzene rings is 4. The topological polar surface area (TPSA) is 86.7 Å². The Hall–Kier alpha value is -3.84. The molecule has 1 atom stereocenters. The van der Waals surface area contributed by atoms with Crippen molar-refractivity contribution in [2.45, 2.75) is 19.3 Å². The van der Waals surface area contributed by atoms with Crippen LogP contribution in [0, 0.1) is 0 Å². The van der Waals surface area contributed by atoms with Crippen LogP contribution in [0.5, 0.6) is 11.5 Å². The summed E-state index contributed by atoms with van der Waals surface area (Å²) in [5.74, 6) is 1.42. The minimum Gasteiger partial charge on any atom is -0.492 e. The molecule has 0 fully saturated rings. The second kappa shape index (κ2) is 11.3. The summed E-state index contributed by atoms with van der Waals surface area (Å²) in [4.78, 5) is 3.43. The van der Waals surface area contributed by atoms with E-state index in [1.54, 1.807) is 12.1 Å². The molecule has 0 saturated heterocycles. The molecule has 4 N–H and O–H groups in total. The second-order valence-corrected chi connectivity index (χ2v) is 8.75. The van der Waals surface area contributed by atoms with E-state index in [1.807, 2.05) is 60.7 Å². The number of H-pyrrole nitrogens is 1. The van der Waals surface area contributed by atoms with Gasteiger partial charge >= 0.3 is 0 Å². The first-order valence-corrected chi connectivity index (χ1v) is 12.1. The van der Waals surface area contributed by atoms with Crippen LogP contribution in [0.25, 0.3) is 21.8 Å². The molecule has 0 aliphatic heterocycles. The fraction of sp³-hybridized carbons (Fsp3) is 0.200. The van der Waals surface area contributed by atoms with Gasteiger partial charge in [0.2, 0.25) is 0 Å². The van der Waals surface area contributed by atoms with Crippen LogP contribution in [0.1, 0.15) is 22.8 Å². The van der Waals surface area contributed by atoms with E-state index in [4.69, 9.17) is 9.47 Å². The van der Waals surface area contributed by atoms with Gasteiger partial charge in [-0.15, -0.1) is 0 Å². The fourth-order valence-corrected chi connectivity index (χ4v) is 4.33. The molecule has 6 nitrogen and oxygen atoms in total. The maximum absolute atomic E-state index is 10.6. The molecule has 0 bridgehead atoms. The van der Waals surface area contributed by atoms with Crippen LogP contribution in [0.3, 0.4) is 0 Å². The first-order chi connectivity index (χ1) is 17.7. The Morgan fingerprint density at radius 2 is 1.61 bits per heavy atom. The smallest absolute Gasteiger partial charge is 0.125 e. The van der Waals surface area contributed by atoms with Crippen molar-refractivity contribution in [1.82, 2.24) is 10.3 Å². The van der Waals surface area contributed by atoms with E-state index in [1.165, 1.54) is 10.8 Å². The molecular weight excluding hydrogens is 452 g/mol. The minimum atomic E-state index is -0.707. The summed E-state index contributed by atoms with van der Waals surface area (Å²) in [6, 6.07) is 29.6. The van der Waals surface area contributed by atoms with Crippen LogP contribution in [0.2, 0.25) is 0 Å². The quantitative estimate of drug-likeness (QED) is 0.197. The molecule has 184 valence electrons. The number of hydrogen-bond acceptors (Lipinski definition) is 5. The molecule has 1 aromatic heterocycles. The fourth-order valence-electron chi connectivity index (χ4n) is 4.33. The van der Waals surface area contributed by atoms with E-state index in [-0.39, 0.29) is 6.61 Å². The zero-order valence-electron chi connectivity index (χ0n) is 20.0. The van der Waals surface area contributed by atoms with E-state index in [0.717, 1.165) is 27.9 Å². The second-order valence-electron chi connectivity index (χ2n) is 8.75. The van der Waals surface area contributed by atoms with Crippen molar-refractivity contribution in [2.75, 3.05) is 19.7 Å². The lowest BCUT2D eigenvalue weighted by Gasteiger charge is -2.16. The van der Waals surface area contributed by atoms with Crippen LogP contribution >= 0.6 is 0 Å². The number of rotatable bonds is 11. The Balaban J connectivity index is 1.10. The summed E-state index contributed by atoms with van der Waals surface area (Å²) < 4.78 is 11.8. The van der Waals surface area contributed by atoms with E-state index >= 15 is 0 Å². The lowest BCUT2D eigenvalue weighted by molar-refractivity contribution is 0.171. The van der Waals surface area contributed by atoms with Gasteiger partial charge in [-0.3, -0.25) is 0 Å². The van der Waals surface area contributed by atoms with Gasteiger partial charge in [0, 0.05) is 41.0 Å². The predicted octanol–water partition coefficient (Wildman–Crippen LogP) is 5.09. The normalized spacial score (nSPS) is 12.2. The van der Waals surface area contributed by atoms with Gasteiger partial charge in [-0.2, -0.15) is 0 Å². The summed E-state index contributed by atoms with van der Waals surface area (Å²) in [7, 11) is 0. The number of hydrogen-bond donors (Lipinski definition) is 4. The van der Waals surface area contributed by atoms with Crippen molar-refractivity contribution in [3.63, 3.8) is 0 Å². The lowest BCUT2D eigenvalue weighted by Crippen LogP contribution is -2.26. The number of nitrogens with one attached hydrogen (secondary N) is 2. The number of aliphatic hydroxyl groups excluding tert-OH is 2. The van der Waals surface area contributed by atoms with Crippen molar-refractivity contribution in [1.29, 1.82) is 0 Å². The van der Waals surface area contributed by atoms with Crippen LogP contribution < -0.4 is 14.8 Å². The molecule has 0 spiro atoms. The molecule has 0 aliphatic rings. The highest BCUT2D eigenvalue weighted by atomic mass is 16.5. The van der Waals surface area contributed by atoms with Crippen LogP contribution in [-0.4, -0.2) is 34.9 Å². The number of aromatic nitrogens is 1. The monoisotopic (exact) mass is 482 g/mol. The van der Waals surface area contributed by atoms with Crippen molar-refractivity contribution in [3.8, 4) is 11.5 Å². The molecule has 5 aromatic rings. The van der Waals surface area contributed by atoms with Crippen molar-refractivity contribution >= 4 is 21.8 Å². The van der Waals surface area contributed by atoms with Crippen molar-refractivity contribution < 1.29 is 19.7 Å². The van der Waals surface area contributed by atoms with E-state index in [0.29, 0.717) is 37.6 Å². The molecule has 36 heavy (non-hydrogen) atoms. The number of para-hydroxylation sites is 1. The summed E-state index contributed by atoms with van der Waals surface area (Å²) in [6.07, 6.45) is -0.707. The first kappa shape index (κ1) is 23.9. The third-order valence-corrected chi connectivity index (χ3v) is 6.24. The summed E-state index contributed by atoms with van der Waals surface area (Å²) >= 11 is 0. The molecule has 6 heteroatoms. The SMILES string of the molecule is OCc1cc(C(O)CNCCOc2ccc3c(c2)[nH]c2ccccc23)ccc1OCc1ccccc1. The maximum atomic E-state index is 10.6. The zero-order valence-corrected chi connectivity index (χ0v) is 20.0. The summed E-state index contributed by atoms with van der Waals surface area (Å²) in [5, 5.41) is 26.0. The largest absolute Gasteiger partial charge is 0.492 e. The van der Waals surface area contributed by atoms with Gasteiger partial charge in [-0.25, -0.2) is 0 Å². The Morgan fingerprint density at radius 1 is 0.806 bits per heavy atom. The summed E-state index contributed by atoms with van der Waals surface area (Å²) in [6.45, 7) is 1.70. The molecular formula is C30H30N2O4. The Morgan fingerprint density at radius 3 is 2.47 bits per heavy atom. The highest BCUT2D eigenvalue weighted by Crippen LogP contribution is 2.28. The number of aromatic amines is 1. The molecule has 1 heterocycles. The minimum absolute atomic E-state index is 0.160. The molecule has 1 unspecified atom stereocenters. The Bertz CT molecular complexity index is 1430. The van der Waals surface area contributed by atoms with Gasteiger partial charge < -0.3 is 30.0 Å². The average molecular weight is 483 g/mol. The molecule has 0 radical (unpaired) electrons. The van der Waals surface area contributed by atoms with Gasteiger partial charge in [0.25, 0.3) is 0 Å². The van der Waals surface area contributed by atoms with Crippen molar-refractivity contribution in [3.05, 3.63) is 108 Å². The Labute approximate surface area is 210 Å². The van der Waals surface area contributed by atoms with Gasteiger partial charge in [-0.1, -0.05) is 54.6 Å². The predicted molar refractivity (Wildman–Crippen MR) is 142 cm³/mol. The van der Waals surface area contributed by atoms with Crippen LogP contribution in [-0.2, 0) is 13.2 Å². The van der Waals surface area contributed by atoms with Gasteiger partial charge in [-0.05, 0) is 41.5 Å². The summed E-state index contributed by atoms with van der Waals surface area (Å²) in [5.41, 5.74) is 4.59. The van der Waals surface area contributed by atoms with E-state index < -0.39 is 6.10 Å². The van der Waals surface area contributed by atoms with E-state index in [2.05, 4.69) is 28.5 Å². The zero-order chi connectivity index (χ0) is 24.7. The van der Waals surface area contributed by atoms with Crippen molar-refractivity contribution in [2.24, 2.45) is 0 Å². The Kier molecular flexibility index (Phi) is 7.47. The maximum Gasteiger partial charge on any atom is 0.125 e. The molecule has 5 rings (SSSR count). The van der Waals surface area contributed by atoms with Gasteiger partial charge in [0.1, 0.15) is 24.7 Å². The third-order valence-electron chi connectivity index (χ3n) is 6.24. The van der Waals surface area contributed by atoms with Crippen LogP contribution in [0.15, 0.2) is 91.0 Å². The number of fused-ring (bicyclic) bond motifs is 3. The van der Waals surface area contributed by atoms with Gasteiger partial charge in [0.15, 0.2) is 0 Å². The third kappa shape index (κ3) is 5.52. The molecule has 0 aliphatic carbocycles. The highest BCUT2D eigenvalue weighted by molar-refractivity contribution is 6.07. The van der Waals surface area contributed by atoms with E-state index in [9.17, 15) is 10.2 Å². The molecule has 4 aromatic carbocycles. The number of ether oxygens (including phenoxy) is 2. The highest BCUT2D eigenvalue weighted by Gasteiger charge is 2.12. The molecule has 0 saturated carbocycles. The van der Waals surface area contributed by atoms with Crippen LogP contribution in [0.4, 0.5) is 0 Å². The standard InChI is InChI=1S/C30H30N2O4/c33-19-23-16-22(10-13-30(23)36-20-21-6-2-1-3-7-21)29(34)18-31-14-15-35-24-11-12-26-25-8-4-5-9-27(25)32-28(26)17-24/h1-13,16-17,29,31-34H,14-15,18-20H2.